The zero-order valence-electron chi connectivity index (χ0n) is 11.7. The zero-order chi connectivity index (χ0) is 18.1. The lowest BCUT2D eigenvalue weighted by atomic mass is 10.3. The molecule has 24 heavy (non-hydrogen) atoms. The third kappa shape index (κ3) is 4.97. The number of ether oxygens (including phenoxy) is 1. The molecule has 2 rings (SSSR count). The van der Waals surface area contributed by atoms with Crippen molar-refractivity contribution in [2.45, 2.75) is 12.3 Å². The molecule has 2 heterocycles. The van der Waals surface area contributed by atoms with Crippen molar-refractivity contribution in [3.05, 3.63) is 34.6 Å². The van der Waals surface area contributed by atoms with Crippen molar-refractivity contribution in [3.63, 3.8) is 0 Å². The first-order valence-electron chi connectivity index (χ1n) is 6.11. The Kier molecular flexibility index (Phi) is 5.28. The molecule has 0 aromatic carbocycles. The van der Waals surface area contributed by atoms with Crippen LogP contribution in [-0.2, 0) is 22.7 Å². The maximum Gasteiger partial charge on any atom is 0.481 e. The van der Waals surface area contributed by atoms with E-state index in [2.05, 4.69) is 13.8 Å². The van der Waals surface area contributed by atoms with E-state index in [0.29, 0.717) is 0 Å². The molecule has 0 spiro atoms. The molecule has 0 saturated carbocycles. The van der Waals surface area contributed by atoms with Gasteiger partial charge in [0.15, 0.2) is 0 Å². The molecule has 1 unspecified atom stereocenters. The van der Waals surface area contributed by atoms with E-state index in [0.717, 1.165) is 10.6 Å². The largest absolute Gasteiger partial charge is 0.481 e. The summed E-state index contributed by atoms with van der Waals surface area (Å²) in [7, 11) is -10.3. The summed E-state index contributed by atoms with van der Waals surface area (Å²) in [5.74, 6) is -0.198. The minimum atomic E-state index is -5.25. The fourth-order valence-corrected chi connectivity index (χ4v) is 3.32. The van der Waals surface area contributed by atoms with Crippen LogP contribution in [0.5, 0.6) is 0 Å². The van der Waals surface area contributed by atoms with Gasteiger partial charge in [0.25, 0.3) is 0 Å². The molecule has 0 amide bonds. The Morgan fingerprint density at radius 1 is 1.38 bits per heavy atom. The topological polar surface area (TPSA) is 204 Å². The molecule has 0 fully saturated rings. The molecular weight excluding hydrogens is 372 g/mol. The van der Waals surface area contributed by atoms with Gasteiger partial charge < -0.3 is 30.3 Å². The average molecular weight is 385 g/mol. The zero-order valence-corrected chi connectivity index (χ0v) is 13.5. The Labute approximate surface area is 133 Å². The van der Waals surface area contributed by atoms with Gasteiger partial charge in [-0.1, -0.05) is 0 Å². The van der Waals surface area contributed by atoms with Crippen LogP contribution in [0.4, 0.5) is 5.82 Å². The Morgan fingerprint density at radius 2 is 2.04 bits per heavy atom. The average Bonchev–Trinajstić information content (AvgIpc) is 2.75. The van der Waals surface area contributed by atoms with Crippen molar-refractivity contribution >= 4 is 21.5 Å². The standard InChI is InChI=1S/C9H13N3O10P2/c10-7-1-2-12(9(14)11-7)8-6(13)3-5(21-8)4-20-24(18,19)22-23(15,16)17/h1-3,6,8,13H,4H2,(H,18,19)(H2,10,11,14)(H2,15,16,17)/t6-,8-/m1/s1. The van der Waals surface area contributed by atoms with E-state index in [1.54, 1.807) is 0 Å². The number of nitrogen functional groups attached to an aromatic ring is 1. The van der Waals surface area contributed by atoms with E-state index < -0.39 is 40.3 Å². The summed E-state index contributed by atoms with van der Waals surface area (Å²) >= 11 is 0. The predicted molar refractivity (Wildman–Crippen MR) is 76.0 cm³/mol. The third-order valence-corrected chi connectivity index (χ3v) is 4.76. The fourth-order valence-electron chi connectivity index (χ4n) is 1.76. The number of nitrogens with two attached hydrogens (primary N) is 1. The highest BCUT2D eigenvalue weighted by atomic mass is 31.3. The number of nitrogens with zero attached hydrogens (tertiary/aromatic N) is 2. The maximum absolute atomic E-state index is 11.7. The van der Waals surface area contributed by atoms with E-state index in [4.69, 9.17) is 25.2 Å². The maximum atomic E-state index is 11.7. The van der Waals surface area contributed by atoms with Crippen LogP contribution in [-0.4, -0.2) is 42.0 Å². The lowest BCUT2D eigenvalue weighted by Crippen LogP contribution is -2.32. The summed E-state index contributed by atoms with van der Waals surface area (Å²) < 4.78 is 35.9. The van der Waals surface area contributed by atoms with Crippen LogP contribution in [0.2, 0.25) is 0 Å². The van der Waals surface area contributed by atoms with Crippen molar-refractivity contribution in [2.24, 2.45) is 0 Å². The van der Waals surface area contributed by atoms with Crippen molar-refractivity contribution in [1.29, 1.82) is 0 Å². The number of hydrogen-bond acceptors (Lipinski definition) is 9. The van der Waals surface area contributed by atoms with Gasteiger partial charge in [-0.05, 0) is 12.1 Å². The molecule has 6 N–H and O–H groups in total. The Morgan fingerprint density at radius 3 is 2.62 bits per heavy atom. The molecule has 1 aromatic rings. The van der Waals surface area contributed by atoms with Gasteiger partial charge in [0.1, 0.15) is 24.3 Å². The summed E-state index contributed by atoms with van der Waals surface area (Å²) in [4.78, 5) is 41.2. The van der Waals surface area contributed by atoms with Crippen LogP contribution >= 0.6 is 15.6 Å². The van der Waals surface area contributed by atoms with Gasteiger partial charge in [-0.3, -0.25) is 9.09 Å². The van der Waals surface area contributed by atoms with E-state index in [-0.39, 0.29) is 11.6 Å². The first-order chi connectivity index (χ1) is 11.0. The first-order valence-corrected chi connectivity index (χ1v) is 9.14. The number of aliphatic hydroxyl groups excluding tert-OH is 1. The molecule has 0 saturated heterocycles. The van der Waals surface area contributed by atoms with Crippen molar-refractivity contribution in [3.8, 4) is 0 Å². The normalized spacial score (nSPS) is 23.4. The molecular formula is C9H13N3O10P2. The highest BCUT2D eigenvalue weighted by Crippen LogP contribution is 2.57. The molecule has 0 aliphatic carbocycles. The first kappa shape index (κ1) is 18.8. The second-order valence-electron chi connectivity index (χ2n) is 4.49. The molecule has 1 aliphatic heterocycles. The van der Waals surface area contributed by atoms with Crippen LogP contribution in [0.15, 0.2) is 28.9 Å². The van der Waals surface area contributed by atoms with Crippen molar-refractivity contribution in [1.82, 2.24) is 9.55 Å². The second kappa shape index (κ2) is 6.75. The molecule has 13 nitrogen and oxygen atoms in total. The van der Waals surface area contributed by atoms with Gasteiger partial charge in [-0.15, -0.1) is 0 Å². The number of hydrogen-bond donors (Lipinski definition) is 5. The summed E-state index contributed by atoms with van der Waals surface area (Å²) in [5.41, 5.74) is 4.54. The number of anilines is 1. The highest BCUT2D eigenvalue weighted by Gasteiger charge is 2.35. The van der Waals surface area contributed by atoms with Gasteiger partial charge in [0, 0.05) is 6.20 Å². The van der Waals surface area contributed by atoms with Gasteiger partial charge in [0.2, 0.25) is 6.23 Å². The van der Waals surface area contributed by atoms with Gasteiger partial charge >= 0.3 is 21.3 Å². The number of phosphoric ester groups is 1. The van der Waals surface area contributed by atoms with Crippen LogP contribution in [0.1, 0.15) is 6.23 Å². The third-order valence-electron chi connectivity index (χ3n) is 2.63. The van der Waals surface area contributed by atoms with Crippen LogP contribution < -0.4 is 11.4 Å². The Hall–Kier alpha value is -1.56. The fraction of sp³-hybridized carbons (Fsp3) is 0.333. The van der Waals surface area contributed by atoms with E-state index in [9.17, 15) is 19.0 Å². The number of rotatable bonds is 6. The minimum absolute atomic E-state index is 0.0314. The van der Waals surface area contributed by atoms with E-state index in [1.807, 2.05) is 0 Å². The van der Waals surface area contributed by atoms with Crippen molar-refractivity contribution in [2.75, 3.05) is 12.3 Å². The summed E-state index contributed by atoms with van der Waals surface area (Å²) in [5, 5.41) is 9.86. The van der Waals surface area contributed by atoms with Crippen LogP contribution in [0.3, 0.4) is 0 Å². The van der Waals surface area contributed by atoms with Crippen molar-refractivity contribution < 1.29 is 42.5 Å². The number of aromatic nitrogens is 2. The highest BCUT2D eigenvalue weighted by molar-refractivity contribution is 7.60. The monoisotopic (exact) mass is 385 g/mol. The number of aliphatic hydroxyl groups is 1. The molecule has 1 aromatic heterocycles. The predicted octanol–water partition coefficient (Wildman–Crippen LogP) is -1.17. The second-order valence-corrected chi connectivity index (χ2v) is 7.32. The van der Waals surface area contributed by atoms with E-state index >= 15 is 0 Å². The van der Waals surface area contributed by atoms with E-state index in [1.165, 1.54) is 12.3 Å². The van der Waals surface area contributed by atoms with Crippen LogP contribution in [0, 0.1) is 0 Å². The smallest absolute Gasteiger partial charge is 0.469 e. The summed E-state index contributed by atoms with van der Waals surface area (Å²) in [6.07, 6.45) is -0.230. The molecule has 134 valence electrons. The lowest BCUT2D eigenvalue weighted by Gasteiger charge is -2.18. The number of phosphoric acid groups is 2. The molecule has 3 atom stereocenters. The minimum Gasteiger partial charge on any atom is -0.469 e. The molecule has 0 bridgehead atoms. The quantitative estimate of drug-likeness (QED) is 0.367. The molecule has 1 aliphatic rings. The summed E-state index contributed by atoms with van der Waals surface area (Å²) in [6.45, 7) is -0.751. The van der Waals surface area contributed by atoms with Crippen LogP contribution in [0.25, 0.3) is 0 Å². The summed E-state index contributed by atoms with van der Waals surface area (Å²) in [6, 6.07) is 1.29. The van der Waals surface area contributed by atoms with Gasteiger partial charge in [0.05, 0.1) is 0 Å². The SMILES string of the molecule is Nc1ccn([C@@H]2OC(COP(=O)(O)OP(=O)(O)O)=C[C@H]2O)c(=O)n1. The molecule has 0 radical (unpaired) electrons. The lowest BCUT2D eigenvalue weighted by molar-refractivity contribution is -0.0103. The Bertz CT molecular complexity index is 801. The van der Waals surface area contributed by atoms with Gasteiger partial charge in [-0.25, -0.2) is 13.9 Å². The Balaban J connectivity index is 2.03. The van der Waals surface area contributed by atoms with Gasteiger partial charge in [-0.2, -0.15) is 9.29 Å². The molecule has 15 heteroatoms.